The van der Waals surface area contributed by atoms with E-state index < -0.39 is 40.0 Å². The van der Waals surface area contributed by atoms with Gasteiger partial charge in [0.15, 0.2) is 5.79 Å². The van der Waals surface area contributed by atoms with Crippen LogP contribution in [0.1, 0.15) is 107 Å². The molecule has 3 rings (SSSR count). The zero-order valence-corrected chi connectivity index (χ0v) is 24.7. The van der Waals surface area contributed by atoms with Gasteiger partial charge in [-0.1, -0.05) is 20.8 Å². The van der Waals surface area contributed by atoms with Crippen LogP contribution in [0.5, 0.6) is 0 Å². The van der Waals surface area contributed by atoms with E-state index in [0.717, 1.165) is 12.8 Å². The monoisotopic (exact) mass is 539 g/mol. The van der Waals surface area contributed by atoms with Gasteiger partial charge in [-0.05, 0) is 71.6 Å². The first-order chi connectivity index (χ1) is 17.4. The maximum absolute atomic E-state index is 13.2. The lowest BCUT2D eigenvalue weighted by Crippen LogP contribution is -2.59. The molecule has 9 heteroatoms. The first-order valence-corrected chi connectivity index (χ1v) is 14.1. The maximum Gasteiger partial charge on any atom is 0.412 e. The van der Waals surface area contributed by atoms with Gasteiger partial charge >= 0.3 is 12.1 Å². The summed E-state index contributed by atoms with van der Waals surface area (Å²) in [6.45, 7) is 16.7. The van der Waals surface area contributed by atoms with E-state index in [-0.39, 0.29) is 24.2 Å². The number of carbonyl (C=O) groups is 3. The quantitative estimate of drug-likeness (QED) is 0.407. The summed E-state index contributed by atoms with van der Waals surface area (Å²) in [5.74, 6) is -1.47. The van der Waals surface area contributed by atoms with Gasteiger partial charge in [-0.15, -0.1) is 0 Å². The van der Waals surface area contributed by atoms with Gasteiger partial charge in [0.1, 0.15) is 17.1 Å². The molecule has 2 heterocycles. The van der Waals surface area contributed by atoms with Crippen LogP contribution in [0.2, 0.25) is 0 Å². The van der Waals surface area contributed by atoms with Crippen LogP contribution in [-0.4, -0.2) is 70.8 Å². The number of Topliss-reactive ketones (excluding diaryl/α,β-unsaturated/α-hetero) is 1. The van der Waals surface area contributed by atoms with E-state index >= 15 is 0 Å². The van der Waals surface area contributed by atoms with Crippen LogP contribution in [-0.2, 0) is 28.5 Å². The number of amides is 1. The lowest BCUT2D eigenvalue weighted by Gasteiger charge is -2.58. The number of carboxylic acids is 1. The molecule has 0 aromatic carbocycles. The molecule has 2 saturated heterocycles. The van der Waals surface area contributed by atoms with E-state index in [1.165, 1.54) is 0 Å². The summed E-state index contributed by atoms with van der Waals surface area (Å²) in [6, 6.07) is 0. The lowest BCUT2D eigenvalue weighted by molar-refractivity contribution is -0.291. The number of aliphatic carboxylic acids is 1. The van der Waals surface area contributed by atoms with Crippen molar-refractivity contribution >= 4 is 17.8 Å². The Morgan fingerprint density at radius 3 is 2.29 bits per heavy atom. The van der Waals surface area contributed by atoms with Gasteiger partial charge in [-0.25, -0.2) is 4.79 Å². The van der Waals surface area contributed by atoms with Gasteiger partial charge in [0.25, 0.3) is 0 Å². The second-order valence-corrected chi connectivity index (χ2v) is 13.6. The maximum atomic E-state index is 13.2. The molecule has 1 aliphatic carbocycles. The van der Waals surface area contributed by atoms with E-state index in [9.17, 15) is 19.5 Å². The number of ether oxygens (including phenoxy) is 4. The van der Waals surface area contributed by atoms with Crippen molar-refractivity contribution in [1.29, 1.82) is 0 Å². The highest BCUT2D eigenvalue weighted by Gasteiger charge is 2.63. The number of nitrogens with zero attached hydrogens (tertiary/aromatic N) is 1. The zero-order chi connectivity index (χ0) is 28.6. The van der Waals surface area contributed by atoms with Crippen LogP contribution < -0.4 is 0 Å². The van der Waals surface area contributed by atoms with Gasteiger partial charge in [0.2, 0.25) is 0 Å². The van der Waals surface area contributed by atoms with Gasteiger partial charge < -0.3 is 24.1 Å². The summed E-state index contributed by atoms with van der Waals surface area (Å²) in [6.07, 6.45) is 3.65. The minimum atomic E-state index is -0.839. The number of hydrogen-bond donors (Lipinski definition) is 1. The Bertz CT molecular complexity index is 889. The summed E-state index contributed by atoms with van der Waals surface area (Å²) in [5.41, 5.74) is -2.51. The Kier molecular flexibility index (Phi) is 8.96. The third-order valence-electron chi connectivity index (χ3n) is 8.95. The van der Waals surface area contributed by atoms with Crippen LogP contribution in [0.15, 0.2) is 0 Å². The number of carboxylic acid groups (broad SMARTS) is 1. The van der Waals surface area contributed by atoms with Crippen molar-refractivity contribution < 1.29 is 38.4 Å². The van der Waals surface area contributed by atoms with Crippen LogP contribution >= 0.6 is 0 Å². The lowest BCUT2D eigenvalue weighted by atomic mass is 9.51. The fourth-order valence-electron chi connectivity index (χ4n) is 6.83. The van der Waals surface area contributed by atoms with Crippen molar-refractivity contribution in [2.24, 2.45) is 16.7 Å². The fraction of sp³-hybridized carbons (Fsp3) is 0.897. The van der Waals surface area contributed by atoms with Gasteiger partial charge in [0, 0.05) is 24.7 Å². The second-order valence-electron chi connectivity index (χ2n) is 13.6. The highest BCUT2D eigenvalue weighted by atomic mass is 16.7. The third kappa shape index (κ3) is 6.53. The molecular weight excluding hydrogens is 490 g/mol. The Morgan fingerprint density at radius 1 is 1.08 bits per heavy atom. The first-order valence-electron chi connectivity index (χ1n) is 14.1. The Balaban J connectivity index is 1.60. The van der Waals surface area contributed by atoms with E-state index in [1.807, 2.05) is 48.5 Å². The van der Waals surface area contributed by atoms with Crippen molar-refractivity contribution in [3.05, 3.63) is 0 Å². The van der Waals surface area contributed by atoms with Gasteiger partial charge in [-0.2, -0.15) is 0 Å². The Morgan fingerprint density at radius 2 is 1.71 bits per heavy atom. The summed E-state index contributed by atoms with van der Waals surface area (Å²) in [5, 5.41) is 9.68. The minimum absolute atomic E-state index is 0.0194. The summed E-state index contributed by atoms with van der Waals surface area (Å²) >= 11 is 0. The molecule has 1 saturated carbocycles. The van der Waals surface area contributed by atoms with Crippen molar-refractivity contribution in [3.63, 3.8) is 0 Å². The average Bonchev–Trinajstić information content (AvgIpc) is 3.33. The van der Waals surface area contributed by atoms with E-state index in [1.54, 1.807) is 4.90 Å². The van der Waals surface area contributed by atoms with Crippen molar-refractivity contribution in [2.75, 3.05) is 19.8 Å². The molecule has 1 spiro atoms. The van der Waals surface area contributed by atoms with Crippen molar-refractivity contribution in [1.82, 2.24) is 4.90 Å². The molecule has 0 bridgehead atoms. The summed E-state index contributed by atoms with van der Waals surface area (Å²) in [4.78, 5) is 39.3. The predicted octanol–water partition coefficient (Wildman–Crippen LogP) is 5.54. The molecule has 3 fully saturated rings. The predicted molar refractivity (Wildman–Crippen MR) is 141 cm³/mol. The molecule has 0 aromatic rings. The topological polar surface area (TPSA) is 112 Å². The molecule has 218 valence electrons. The number of carbonyl (C=O) groups excluding carboxylic acids is 2. The first kappa shape index (κ1) is 30.8. The van der Waals surface area contributed by atoms with E-state index in [2.05, 4.69) is 6.92 Å². The highest BCUT2D eigenvalue weighted by Crippen LogP contribution is 2.62. The summed E-state index contributed by atoms with van der Waals surface area (Å²) < 4.78 is 24.1. The number of ketones is 1. The Labute approximate surface area is 227 Å². The molecule has 0 radical (unpaired) electrons. The van der Waals surface area contributed by atoms with Gasteiger partial charge in [-0.3, -0.25) is 14.5 Å². The second kappa shape index (κ2) is 11.0. The normalized spacial score (nSPS) is 31.4. The van der Waals surface area contributed by atoms with E-state index in [0.29, 0.717) is 51.9 Å². The molecule has 0 unspecified atom stereocenters. The molecule has 3 aliphatic rings. The van der Waals surface area contributed by atoms with Crippen molar-refractivity contribution in [2.45, 2.75) is 130 Å². The molecule has 9 nitrogen and oxygen atoms in total. The highest BCUT2D eigenvalue weighted by molar-refractivity contribution is 5.78. The van der Waals surface area contributed by atoms with Crippen LogP contribution in [0.25, 0.3) is 0 Å². The molecule has 1 N–H and O–H groups in total. The minimum Gasteiger partial charge on any atom is -0.481 e. The van der Waals surface area contributed by atoms with Crippen LogP contribution in [0, 0.1) is 16.7 Å². The zero-order valence-electron chi connectivity index (χ0n) is 24.7. The van der Waals surface area contributed by atoms with E-state index in [4.69, 9.17) is 18.9 Å². The van der Waals surface area contributed by atoms with Crippen LogP contribution in [0.4, 0.5) is 4.79 Å². The Hall–Kier alpha value is -1.71. The smallest absolute Gasteiger partial charge is 0.412 e. The SMILES string of the molecule is C[C@H](CC(=O)CC[C@]1(C)C2(CCC[C@]1(C)CC(=O)O)OCCO2)C[C@@H]1CN(C(=O)OC(C)(C)C)C(C)(C)O1. The summed E-state index contributed by atoms with van der Waals surface area (Å²) in [7, 11) is 0. The average molecular weight is 540 g/mol. The molecule has 0 aromatic heterocycles. The standard InChI is InChI=1S/C29H49NO8/c1-20(17-22-19-30(26(5,6)37-22)24(34)38-25(2,3)4)16-21(31)10-13-28(8)27(7,18-23(32)33)11-9-12-29(28)35-14-15-36-29/h20,22H,9-19H2,1-8H3,(H,32,33)/t20-,22-,27-,28+/m1/s1. The molecule has 38 heavy (non-hydrogen) atoms. The third-order valence-corrected chi connectivity index (χ3v) is 8.95. The fourth-order valence-corrected chi connectivity index (χ4v) is 6.83. The largest absolute Gasteiger partial charge is 0.481 e. The molecule has 1 amide bonds. The number of hydrogen-bond acceptors (Lipinski definition) is 7. The molecular formula is C29H49NO8. The van der Waals surface area contributed by atoms with Gasteiger partial charge in [0.05, 0.1) is 32.3 Å². The molecule has 4 atom stereocenters. The number of rotatable bonds is 9. The van der Waals surface area contributed by atoms with Crippen LogP contribution in [0.3, 0.4) is 0 Å². The van der Waals surface area contributed by atoms with Crippen molar-refractivity contribution in [3.8, 4) is 0 Å². The molecule has 2 aliphatic heterocycles.